The molecule has 0 saturated carbocycles. The summed E-state index contributed by atoms with van der Waals surface area (Å²) in [6.07, 6.45) is 1.06. The summed E-state index contributed by atoms with van der Waals surface area (Å²) in [6, 6.07) is 0.0139. The van der Waals surface area contributed by atoms with Gasteiger partial charge in [0, 0.05) is 5.75 Å². The van der Waals surface area contributed by atoms with Crippen molar-refractivity contribution in [2.75, 3.05) is 19.8 Å². The summed E-state index contributed by atoms with van der Waals surface area (Å²) >= 11 is 1.80. The first-order valence-corrected chi connectivity index (χ1v) is 5.15. The first-order chi connectivity index (χ1) is 5.63. The van der Waals surface area contributed by atoms with E-state index in [1.807, 2.05) is 19.0 Å². The van der Waals surface area contributed by atoms with Crippen LogP contribution in [-0.2, 0) is 4.79 Å². The predicted octanol–water partition coefficient (Wildman–Crippen LogP) is 1.53. The van der Waals surface area contributed by atoms with Gasteiger partial charge in [0.25, 0.3) is 0 Å². The van der Waals surface area contributed by atoms with Gasteiger partial charge in [-0.1, -0.05) is 0 Å². The summed E-state index contributed by atoms with van der Waals surface area (Å²) in [5.74, 6) is 1.38. The molecule has 2 nitrogen and oxygen atoms in total. The quantitative estimate of drug-likeness (QED) is 0.665. The first-order valence-electron chi connectivity index (χ1n) is 4.10. The lowest BCUT2D eigenvalue weighted by molar-refractivity contribution is -0.120. The minimum atomic E-state index is 0.0139. The highest BCUT2D eigenvalue weighted by Crippen LogP contribution is 2.26. The van der Waals surface area contributed by atoms with Crippen LogP contribution in [0.1, 0.15) is 13.3 Å². The van der Waals surface area contributed by atoms with Gasteiger partial charge in [-0.05, 0) is 38.4 Å². The van der Waals surface area contributed by atoms with Gasteiger partial charge in [0.2, 0.25) is 0 Å². The van der Waals surface area contributed by atoms with Crippen LogP contribution in [0.3, 0.4) is 0 Å². The van der Waals surface area contributed by atoms with E-state index in [0.29, 0.717) is 0 Å². The Bertz CT molecular complexity index is 211. The van der Waals surface area contributed by atoms with Gasteiger partial charge in [-0.25, -0.2) is 0 Å². The van der Waals surface area contributed by atoms with Crippen LogP contribution in [0, 0.1) is 0 Å². The molecule has 1 rings (SSSR count). The molecule has 1 aliphatic rings. The molecular weight excluding hydrogens is 170 g/mol. The molecule has 0 amide bonds. The minimum Gasteiger partial charge on any atom is -0.298 e. The molecule has 0 bridgehead atoms. The molecule has 0 N–H and O–H groups in total. The fourth-order valence-corrected chi connectivity index (χ4v) is 2.49. The van der Waals surface area contributed by atoms with Crippen LogP contribution < -0.4 is 0 Å². The summed E-state index contributed by atoms with van der Waals surface area (Å²) in [6.45, 7) is 1.66. The molecule has 0 saturated heterocycles. The molecule has 0 aromatic rings. The van der Waals surface area contributed by atoms with Gasteiger partial charge in [-0.15, -0.1) is 11.8 Å². The second-order valence-corrected chi connectivity index (χ2v) is 4.27. The molecule has 1 unspecified atom stereocenters. The van der Waals surface area contributed by atoms with Gasteiger partial charge in [0.15, 0.2) is 5.78 Å². The van der Waals surface area contributed by atoms with E-state index in [0.717, 1.165) is 12.2 Å². The number of ketones is 1. The van der Waals surface area contributed by atoms with Crippen LogP contribution in [0.2, 0.25) is 0 Å². The van der Waals surface area contributed by atoms with Gasteiger partial charge in [0.1, 0.15) is 0 Å². The first kappa shape index (κ1) is 9.81. The third-order valence-electron chi connectivity index (χ3n) is 2.00. The van der Waals surface area contributed by atoms with Gasteiger partial charge >= 0.3 is 0 Å². The fourth-order valence-electron chi connectivity index (χ4n) is 1.56. The molecule has 1 aliphatic heterocycles. The highest BCUT2D eigenvalue weighted by Gasteiger charge is 2.23. The van der Waals surface area contributed by atoms with Crippen molar-refractivity contribution in [1.82, 2.24) is 4.90 Å². The van der Waals surface area contributed by atoms with Crippen LogP contribution >= 0.6 is 11.8 Å². The Labute approximate surface area is 78.0 Å². The number of thioether (sulfide) groups is 1. The Morgan fingerprint density at radius 3 is 2.67 bits per heavy atom. The monoisotopic (exact) mass is 185 g/mol. The number of carbonyl (C=O) groups excluding carboxylic acids is 1. The maximum atomic E-state index is 11.3. The van der Waals surface area contributed by atoms with Crippen LogP contribution in [0.4, 0.5) is 0 Å². The van der Waals surface area contributed by atoms with Crippen molar-refractivity contribution in [2.45, 2.75) is 19.4 Å². The van der Waals surface area contributed by atoms with E-state index in [9.17, 15) is 4.79 Å². The second kappa shape index (κ2) is 4.10. The number of nitrogens with zero attached hydrogens (tertiary/aromatic N) is 1. The van der Waals surface area contributed by atoms with E-state index in [1.165, 1.54) is 5.57 Å². The van der Waals surface area contributed by atoms with Crippen molar-refractivity contribution in [1.29, 1.82) is 0 Å². The molecule has 0 spiro atoms. The third-order valence-corrected chi connectivity index (χ3v) is 2.91. The Morgan fingerprint density at radius 1 is 1.67 bits per heavy atom. The Hall–Kier alpha value is -0.280. The van der Waals surface area contributed by atoms with Crippen molar-refractivity contribution < 1.29 is 4.79 Å². The lowest BCUT2D eigenvalue weighted by atomic mass is 10.0. The van der Waals surface area contributed by atoms with Crippen LogP contribution in [0.5, 0.6) is 0 Å². The summed E-state index contributed by atoms with van der Waals surface area (Å²) in [5.41, 5.74) is 1.28. The Morgan fingerprint density at radius 2 is 2.33 bits per heavy atom. The largest absolute Gasteiger partial charge is 0.298 e. The molecule has 1 heterocycles. The molecular formula is C9H15NOS. The molecule has 1 atom stereocenters. The SMILES string of the molecule is CC(=O)C(C1=CSCC1)N(C)C. The topological polar surface area (TPSA) is 20.3 Å². The standard InChI is InChI=1S/C9H15NOS/c1-7(11)9(10(2)3)8-4-5-12-6-8/h6,9H,4-5H2,1-3H3. The zero-order valence-corrected chi connectivity index (χ0v) is 8.65. The van der Waals surface area contributed by atoms with E-state index in [1.54, 1.807) is 18.7 Å². The summed E-state index contributed by atoms with van der Waals surface area (Å²) in [7, 11) is 3.91. The molecule has 12 heavy (non-hydrogen) atoms. The molecule has 0 fully saturated rings. The molecule has 0 aromatic heterocycles. The average Bonchev–Trinajstić information content (AvgIpc) is 2.37. The van der Waals surface area contributed by atoms with Crippen molar-refractivity contribution in [3.05, 3.63) is 11.0 Å². The van der Waals surface area contributed by atoms with Crippen molar-refractivity contribution in [2.24, 2.45) is 0 Å². The zero-order valence-electron chi connectivity index (χ0n) is 7.83. The molecule has 0 aliphatic carbocycles. The summed E-state index contributed by atoms with van der Waals surface area (Å²) < 4.78 is 0. The minimum absolute atomic E-state index is 0.0139. The number of carbonyl (C=O) groups is 1. The van der Waals surface area contributed by atoms with Crippen molar-refractivity contribution in [3.8, 4) is 0 Å². The lowest BCUT2D eigenvalue weighted by Gasteiger charge is -2.22. The highest BCUT2D eigenvalue weighted by molar-refractivity contribution is 8.02. The average molecular weight is 185 g/mol. The lowest BCUT2D eigenvalue weighted by Crippen LogP contribution is -2.35. The molecule has 0 radical (unpaired) electrons. The normalized spacial score (nSPS) is 19.5. The van der Waals surface area contributed by atoms with Gasteiger partial charge in [0.05, 0.1) is 6.04 Å². The van der Waals surface area contributed by atoms with E-state index in [2.05, 4.69) is 5.41 Å². The number of hydrogen-bond acceptors (Lipinski definition) is 3. The zero-order chi connectivity index (χ0) is 9.14. The fraction of sp³-hybridized carbons (Fsp3) is 0.667. The van der Waals surface area contributed by atoms with Crippen LogP contribution in [-0.4, -0.2) is 36.6 Å². The van der Waals surface area contributed by atoms with Gasteiger partial charge in [-0.3, -0.25) is 9.69 Å². The van der Waals surface area contributed by atoms with Crippen molar-refractivity contribution >= 4 is 17.5 Å². The maximum absolute atomic E-state index is 11.3. The van der Waals surface area contributed by atoms with E-state index in [4.69, 9.17) is 0 Å². The number of likely N-dealkylation sites (N-methyl/N-ethyl adjacent to an activating group) is 1. The second-order valence-electron chi connectivity index (χ2n) is 3.29. The Kier molecular flexibility index (Phi) is 3.35. The number of Topliss-reactive ketones (excluding diaryl/α,β-unsaturated/α-hetero) is 1. The van der Waals surface area contributed by atoms with Gasteiger partial charge < -0.3 is 0 Å². The summed E-state index contributed by atoms with van der Waals surface area (Å²) in [4.78, 5) is 13.3. The molecule has 3 heteroatoms. The maximum Gasteiger partial charge on any atom is 0.151 e. The predicted molar refractivity (Wildman–Crippen MR) is 53.3 cm³/mol. The molecule has 0 aromatic carbocycles. The number of rotatable bonds is 3. The smallest absolute Gasteiger partial charge is 0.151 e. The van der Waals surface area contributed by atoms with E-state index < -0.39 is 0 Å². The number of hydrogen-bond donors (Lipinski definition) is 0. The highest BCUT2D eigenvalue weighted by atomic mass is 32.2. The van der Waals surface area contributed by atoms with Crippen LogP contribution in [0.25, 0.3) is 0 Å². The van der Waals surface area contributed by atoms with E-state index >= 15 is 0 Å². The third kappa shape index (κ3) is 2.11. The summed E-state index contributed by atoms with van der Waals surface area (Å²) in [5, 5.41) is 2.13. The van der Waals surface area contributed by atoms with Crippen molar-refractivity contribution in [3.63, 3.8) is 0 Å². The molecule has 68 valence electrons. The van der Waals surface area contributed by atoms with Crippen LogP contribution in [0.15, 0.2) is 11.0 Å². The van der Waals surface area contributed by atoms with Gasteiger partial charge in [-0.2, -0.15) is 0 Å². The van der Waals surface area contributed by atoms with E-state index in [-0.39, 0.29) is 11.8 Å². The Balaban J connectivity index is 2.71.